The van der Waals surface area contributed by atoms with Crippen LogP contribution in [0.3, 0.4) is 0 Å². The van der Waals surface area contributed by atoms with Crippen molar-refractivity contribution in [2.45, 2.75) is 5.75 Å². The highest BCUT2D eigenvalue weighted by atomic mass is 32.2. The predicted octanol–water partition coefficient (Wildman–Crippen LogP) is 3.23. The molecule has 0 atom stereocenters. The minimum Gasteiger partial charge on any atom is -0.455 e. The molecule has 0 aliphatic heterocycles. The Hall–Kier alpha value is -1.99. The number of thioether (sulfide) groups is 1. The van der Waals surface area contributed by atoms with E-state index in [1.54, 1.807) is 11.3 Å². The SMILES string of the molecule is CN(C)c1ccc(NC(=O)COC(=O)CSCc2cccs2)cc1. The van der Waals surface area contributed by atoms with Crippen molar-refractivity contribution in [3.05, 3.63) is 46.7 Å². The Morgan fingerprint density at radius 3 is 2.58 bits per heavy atom. The summed E-state index contributed by atoms with van der Waals surface area (Å²) < 4.78 is 4.98. The lowest BCUT2D eigenvalue weighted by molar-refractivity contribution is -0.144. The van der Waals surface area contributed by atoms with E-state index < -0.39 is 0 Å². The average Bonchev–Trinajstić information content (AvgIpc) is 3.07. The third kappa shape index (κ3) is 6.25. The monoisotopic (exact) mass is 364 g/mol. The zero-order chi connectivity index (χ0) is 17.4. The van der Waals surface area contributed by atoms with E-state index in [2.05, 4.69) is 5.32 Å². The average molecular weight is 364 g/mol. The van der Waals surface area contributed by atoms with Gasteiger partial charge in [0.25, 0.3) is 5.91 Å². The van der Waals surface area contributed by atoms with E-state index in [1.807, 2.05) is 60.8 Å². The standard InChI is InChI=1S/C17H20N2O3S2/c1-19(2)14-7-5-13(6-8-14)18-16(20)10-22-17(21)12-23-11-15-4-3-9-24-15/h3-9H,10-12H2,1-2H3,(H,18,20). The number of ether oxygens (including phenoxy) is 1. The van der Waals surface area contributed by atoms with Crippen molar-refractivity contribution in [1.29, 1.82) is 0 Å². The molecule has 0 aliphatic carbocycles. The first-order valence-electron chi connectivity index (χ1n) is 7.37. The molecule has 0 aliphatic rings. The number of nitrogens with zero attached hydrogens (tertiary/aromatic N) is 1. The van der Waals surface area contributed by atoms with Crippen LogP contribution in [0.15, 0.2) is 41.8 Å². The summed E-state index contributed by atoms with van der Waals surface area (Å²) in [5.74, 6) is 0.291. The molecule has 2 rings (SSSR count). The van der Waals surface area contributed by atoms with Crippen LogP contribution in [0.5, 0.6) is 0 Å². The first kappa shape index (κ1) is 18.4. The zero-order valence-electron chi connectivity index (χ0n) is 13.7. The van der Waals surface area contributed by atoms with Gasteiger partial charge in [-0.2, -0.15) is 0 Å². The van der Waals surface area contributed by atoms with Gasteiger partial charge in [0.1, 0.15) is 0 Å². The zero-order valence-corrected chi connectivity index (χ0v) is 15.3. The number of esters is 1. The van der Waals surface area contributed by atoms with Crippen molar-refractivity contribution in [2.24, 2.45) is 0 Å². The quantitative estimate of drug-likeness (QED) is 0.729. The molecule has 0 bridgehead atoms. The van der Waals surface area contributed by atoms with Crippen LogP contribution in [-0.4, -0.2) is 38.3 Å². The molecule has 0 saturated carbocycles. The van der Waals surface area contributed by atoms with Gasteiger partial charge in [0.05, 0.1) is 5.75 Å². The number of benzene rings is 1. The second kappa shape index (κ2) is 9.34. The molecule has 1 heterocycles. The number of carbonyl (C=O) groups is 2. The number of amides is 1. The molecule has 128 valence electrons. The minimum atomic E-state index is -0.380. The van der Waals surface area contributed by atoms with Gasteiger partial charge in [-0.15, -0.1) is 23.1 Å². The van der Waals surface area contributed by atoms with Gasteiger partial charge in [-0.3, -0.25) is 9.59 Å². The fourth-order valence-corrected chi connectivity index (χ4v) is 3.52. The van der Waals surface area contributed by atoms with Crippen molar-refractivity contribution in [3.63, 3.8) is 0 Å². The molecule has 0 radical (unpaired) electrons. The molecule has 0 saturated heterocycles. The summed E-state index contributed by atoms with van der Waals surface area (Å²) in [6.45, 7) is -0.270. The van der Waals surface area contributed by atoms with Crippen LogP contribution in [-0.2, 0) is 20.1 Å². The van der Waals surface area contributed by atoms with Crippen molar-refractivity contribution >= 4 is 46.3 Å². The molecule has 0 unspecified atom stereocenters. The van der Waals surface area contributed by atoms with Gasteiger partial charge < -0.3 is 15.0 Å². The molecule has 24 heavy (non-hydrogen) atoms. The van der Waals surface area contributed by atoms with Crippen LogP contribution in [0.1, 0.15) is 4.88 Å². The summed E-state index contributed by atoms with van der Waals surface area (Å²) in [6, 6.07) is 11.4. The lowest BCUT2D eigenvalue weighted by Crippen LogP contribution is -2.21. The molecule has 1 aromatic heterocycles. The molecule has 2 aromatic rings. The Morgan fingerprint density at radius 1 is 1.21 bits per heavy atom. The Labute approximate surface area is 150 Å². The fourth-order valence-electron chi connectivity index (χ4n) is 1.86. The Morgan fingerprint density at radius 2 is 1.96 bits per heavy atom. The van der Waals surface area contributed by atoms with Gasteiger partial charge in [0, 0.05) is 36.1 Å². The first-order chi connectivity index (χ1) is 11.5. The number of nitrogens with one attached hydrogen (secondary N) is 1. The Kier molecular flexibility index (Phi) is 7.14. The first-order valence-corrected chi connectivity index (χ1v) is 9.41. The number of hydrogen-bond donors (Lipinski definition) is 1. The van der Waals surface area contributed by atoms with E-state index >= 15 is 0 Å². The third-order valence-electron chi connectivity index (χ3n) is 3.08. The van der Waals surface area contributed by atoms with Crippen LogP contribution in [0.4, 0.5) is 11.4 Å². The molecule has 1 aromatic carbocycles. The van der Waals surface area contributed by atoms with Gasteiger partial charge in [-0.25, -0.2) is 0 Å². The van der Waals surface area contributed by atoms with E-state index in [0.29, 0.717) is 5.69 Å². The van der Waals surface area contributed by atoms with Crippen molar-refractivity contribution < 1.29 is 14.3 Å². The summed E-state index contributed by atoms with van der Waals surface area (Å²) in [7, 11) is 3.90. The number of anilines is 2. The number of hydrogen-bond acceptors (Lipinski definition) is 6. The highest BCUT2D eigenvalue weighted by Gasteiger charge is 2.08. The molecule has 1 amide bonds. The molecule has 7 heteroatoms. The summed E-state index contributed by atoms with van der Waals surface area (Å²) in [5, 5.41) is 4.71. The van der Waals surface area contributed by atoms with Gasteiger partial charge in [0.2, 0.25) is 0 Å². The van der Waals surface area contributed by atoms with E-state index in [9.17, 15) is 9.59 Å². The molecule has 1 N–H and O–H groups in total. The Bertz CT molecular complexity index is 655. The van der Waals surface area contributed by atoms with Crippen LogP contribution >= 0.6 is 23.1 Å². The van der Waals surface area contributed by atoms with Gasteiger partial charge in [-0.05, 0) is 35.7 Å². The molecule has 0 spiro atoms. The summed E-state index contributed by atoms with van der Waals surface area (Å²) in [6.07, 6.45) is 0. The predicted molar refractivity (Wildman–Crippen MR) is 101 cm³/mol. The number of rotatable bonds is 8. The number of thiophene rings is 1. The van der Waals surface area contributed by atoms with E-state index in [0.717, 1.165) is 11.4 Å². The second-order valence-electron chi connectivity index (χ2n) is 5.22. The Balaban J connectivity index is 1.65. The van der Waals surface area contributed by atoms with Crippen molar-refractivity contribution in [3.8, 4) is 0 Å². The van der Waals surface area contributed by atoms with E-state index in [-0.39, 0.29) is 24.2 Å². The van der Waals surface area contributed by atoms with Crippen LogP contribution in [0, 0.1) is 0 Å². The lowest BCUT2D eigenvalue weighted by Gasteiger charge is -2.13. The topological polar surface area (TPSA) is 58.6 Å². The molecule has 5 nitrogen and oxygen atoms in total. The van der Waals surface area contributed by atoms with Gasteiger partial charge in [0.15, 0.2) is 6.61 Å². The molecule has 0 fully saturated rings. The second-order valence-corrected chi connectivity index (χ2v) is 7.24. The van der Waals surface area contributed by atoms with Crippen LogP contribution in [0.25, 0.3) is 0 Å². The highest BCUT2D eigenvalue weighted by molar-refractivity contribution is 7.99. The van der Waals surface area contributed by atoms with Crippen molar-refractivity contribution in [1.82, 2.24) is 0 Å². The largest absolute Gasteiger partial charge is 0.455 e. The highest BCUT2D eigenvalue weighted by Crippen LogP contribution is 2.17. The normalized spacial score (nSPS) is 10.2. The number of carbonyl (C=O) groups excluding carboxylic acids is 2. The maximum Gasteiger partial charge on any atom is 0.316 e. The van der Waals surface area contributed by atoms with Crippen molar-refractivity contribution in [2.75, 3.05) is 36.7 Å². The van der Waals surface area contributed by atoms with E-state index in [1.165, 1.54) is 16.6 Å². The molecular weight excluding hydrogens is 344 g/mol. The van der Waals surface area contributed by atoms with Crippen LogP contribution in [0.2, 0.25) is 0 Å². The lowest BCUT2D eigenvalue weighted by atomic mass is 10.2. The maximum atomic E-state index is 11.8. The summed E-state index contributed by atoms with van der Waals surface area (Å²) in [5.41, 5.74) is 1.72. The molecular formula is C17H20N2O3S2. The minimum absolute atomic E-state index is 0.239. The van der Waals surface area contributed by atoms with Crippen LogP contribution < -0.4 is 10.2 Å². The van der Waals surface area contributed by atoms with Gasteiger partial charge in [-0.1, -0.05) is 6.07 Å². The third-order valence-corrected chi connectivity index (χ3v) is 5.09. The summed E-state index contributed by atoms with van der Waals surface area (Å²) >= 11 is 3.14. The van der Waals surface area contributed by atoms with Gasteiger partial charge >= 0.3 is 5.97 Å². The smallest absolute Gasteiger partial charge is 0.316 e. The summed E-state index contributed by atoms with van der Waals surface area (Å²) in [4.78, 5) is 26.6. The maximum absolute atomic E-state index is 11.8. The van der Waals surface area contributed by atoms with E-state index in [4.69, 9.17) is 4.74 Å². The fraction of sp³-hybridized carbons (Fsp3) is 0.294.